The summed E-state index contributed by atoms with van der Waals surface area (Å²) in [6.45, 7) is 6.49. The molecule has 0 saturated carbocycles. The van der Waals surface area contributed by atoms with Gasteiger partial charge in [0.2, 0.25) is 5.91 Å². The van der Waals surface area contributed by atoms with Gasteiger partial charge in [-0.25, -0.2) is 4.98 Å². The van der Waals surface area contributed by atoms with E-state index in [-0.39, 0.29) is 0 Å². The first-order chi connectivity index (χ1) is 11.3. The van der Waals surface area contributed by atoms with Gasteiger partial charge in [-0.05, 0) is 19.3 Å². The molecule has 1 aromatic rings. The van der Waals surface area contributed by atoms with Crippen LogP contribution in [0, 0.1) is 5.92 Å². The number of nitrogens with zero attached hydrogens (tertiary/aromatic N) is 4. The molecule has 0 N–H and O–H groups in total. The summed E-state index contributed by atoms with van der Waals surface area (Å²) in [5.41, 5.74) is 0. The molecule has 2 fully saturated rings. The van der Waals surface area contributed by atoms with Gasteiger partial charge in [0.15, 0.2) is 0 Å². The third-order valence-corrected chi connectivity index (χ3v) is 5.45. The van der Waals surface area contributed by atoms with Crippen molar-refractivity contribution < 1.29 is 9.53 Å². The second kappa shape index (κ2) is 6.61. The Labute approximate surface area is 137 Å². The summed E-state index contributed by atoms with van der Waals surface area (Å²) in [4.78, 5) is 21.2. The highest BCUT2D eigenvalue weighted by atomic mass is 16.5. The summed E-state index contributed by atoms with van der Waals surface area (Å²) >= 11 is 0. The summed E-state index contributed by atoms with van der Waals surface area (Å²) < 4.78 is 7.81. The Bertz CT molecular complexity index is 553. The maximum Gasteiger partial charge on any atom is 0.222 e. The van der Waals surface area contributed by atoms with E-state index < -0.39 is 0 Å². The van der Waals surface area contributed by atoms with Crippen molar-refractivity contribution in [2.75, 3.05) is 32.8 Å². The molecule has 1 amide bonds. The molecular weight excluding hydrogens is 292 g/mol. The van der Waals surface area contributed by atoms with E-state index >= 15 is 0 Å². The van der Waals surface area contributed by atoms with Gasteiger partial charge in [-0.1, -0.05) is 0 Å². The van der Waals surface area contributed by atoms with E-state index in [4.69, 9.17) is 4.74 Å². The minimum atomic E-state index is 0.331. The van der Waals surface area contributed by atoms with E-state index in [9.17, 15) is 4.79 Å². The molecule has 1 atom stereocenters. The van der Waals surface area contributed by atoms with Crippen molar-refractivity contribution in [2.45, 2.75) is 44.8 Å². The van der Waals surface area contributed by atoms with Gasteiger partial charge in [0.25, 0.3) is 0 Å². The first-order valence-corrected chi connectivity index (χ1v) is 8.89. The minimum Gasteiger partial charge on any atom is -0.381 e. The second-order valence-corrected chi connectivity index (χ2v) is 7.08. The van der Waals surface area contributed by atoms with Crippen LogP contribution in [0.25, 0.3) is 0 Å². The third-order valence-electron chi connectivity index (χ3n) is 5.45. The van der Waals surface area contributed by atoms with E-state index in [1.165, 1.54) is 0 Å². The van der Waals surface area contributed by atoms with Crippen LogP contribution in [0.15, 0.2) is 12.4 Å². The lowest BCUT2D eigenvalue weighted by Crippen LogP contribution is -2.43. The van der Waals surface area contributed by atoms with Gasteiger partial charge in [-0.2, -0.15) is 0 Å². The average Bonchev–Trinajstić information content (AvgIpc) is 3.13. The third kappa shape index (κ3) is 3.28. The van der Waals surface area contributed by atoms with Crippen molar-refractivity contribution in [1.29, 1.82) is 0 Å². The number of amides is 1. The van der Waals surface area contributed by atoms with Crippen molar-refractivity contribution >= 4 is 5.91 Å². The molecule has 4 rings (SSSR count). The molecule has 0 aliphatic carbocycles. The SMILES string of the molecule is O=C1CCCN1C[C@@H]1CN(C2CCOCC2)Cc2nccn2C1. The lowest BCUT2D eigenvalue weighted by atomic mass is 10.0. The topological polar surface area (TPSA) is 50.6 Å². The van der Waals surface area contributed by atoms with Crippen LogP contribution in [0.3, 0.4) is 0 Å². The molecule has 0 aromatic carbocycles. The number of ether oxygens (including phenoxy) is 1. The number of hydrogen-bond acceptors (Lipinski definition) is 4. The molecular formula is C17H26N4O2. The van der Waals surface area contributed by atoms with Gasteiger partial charge in [-0.15, -0.1) is 0 Å². The smallest absolute Gasteiger partial charge is 0.222 e. The monoisotopic (exact) mass is 318 g/mol. The Morgan fingerprint density at radius 2 is 2.13 bits per heavy atom. The Hall–Kier alpha value is -1.40. The van der Waals surface area contributed by atoms with E-state index in [1.54, 1.807) is 0 Å². The van der Waals surface area contributed by atoms with Crippen LogP contribution >= 0.6 is 0 Å². The van der Waals surface area contributed by atoms with E-state index in [2.05, 4.69) is 25.5 Å². The van der Waals surface area contributed by atoms with Crippen molar-refractivity contribution in [1.82, 2.24) is 19.4 Å². The zero-order valence-electron chi connectivity index (χ0n) is 13.7. The van der Waals surface area contributed by atoms with Gasteiger partial charge in [0.05, 0.1) is 6.54 Å². The van der Waals surface area contributed by atoms with Crippen LogP contribution in [0.2, 0.25) is 0 Å². The van der Waals surface area contributed by atoms with Crippen LogP contribution in [0.1, 0.15) is 31.5 Å². The molecule has 23 heavy (non-hydrogen) atoms. The van der Waals surface area contributed by atoms with Crippen LogP contribution in [0.4, 0.5) is 0 Å². The quantitative estimate of drug-likeness (QED) is 0.838. The molecule has 0 radical (unpaired) electrons. The fourth-order valence-electron chi connectivity index (χ4n) is 4.22. The summed E-state index contributed by atoms with van der Waals surface area (Å²) in [5, 5.41) is 0. The average molecular weight is 318 g/mol. The van der Waals surface area contributed by atoms with Crippen LogP contribution in [0.5, 0.6) is 0 Å². The molecule has 0 unspecified atom stereocenters. The molecule has 0 spiro atoms. The van der Waals surface area contributed by atoms with Gasteiger partial charge < -0.3 is 14.2 Å². The Kier molecular flexibility index (Phi) is 4.35. The molecule has 1 aromatic heterocycles. The number of fused-ring (bicyclic) bond motifs is 1. The van der Waals surface area contributed by atoms with Gasteiger partial charge in [0.1, 0.15) is 5.82 Å². The largest absolute Gasteiger partial charge is 0.381 e. The number of carbonyl (C=O) groups excluding carboxylic acids is 1. The highest BCUT2D eigenvalue weighted by Crippen LogP contribution is 2.24. The highest BCUT2D eigenvalue weighted by Gasteiger charge is 2.31. The van der Waals surface area contributed by atoms with Crippen molar-refractivity contribution in [2.24, 2.45) is 5.92 Å². The number of hydrogen-bond donors (Lipinski definition) is 0. The van der Waals surface area contributed by atoms with Gasteiger partial charge in [-0.3, -0.25) is 9.69 Å². The van der Waals surface area contributed by atoms with Gasteiger partial charge >= 0.3 is 0 Å². The molecule has 3 aliphatic rings. The Morgan fingerprint density at radius 3 is 2.91 bits per heavy atom. The fourth-order valence-corrected chi connectivity index (χ4v) is 4.22. The second-order valence-electron chi connectivity index (χ2n) is 7.08. The number of carbonyl (C=O) groups is 1. The number of likely N-dealkylation sites (tertiary alicyclic amines) is 1. The Balaban J connectivity index is 1.50. The maximum absolute atomic E-state index is 12.0. The fraction of sp³-hybridized carbons (Fsp3) is 0.765. The van der Waals surface area contributed by atoms with Crippen LogP contribution in [-0.2, 0) is 22.6 Å². The Morgan fingerprint density at radius 1 is 1.26 bits per heavy atom. The molecule has 4 heterocycles. The molecule has 6 heteroatoms. The van der Waals surface area contributed by atoms with E-state index in [1.807, 2.05) is 6.20 Å². The molecule has 0 bridgehead atoms. The van der Waals surface area contributed by atoms with E-state index in [0.29, 0.717) is 17.9 Å². The van der Waals surface area contributed by atoms with Crippen molar-refractivity contribution in [3.63, 3.8) is 0 Å². The summed E-state index contributed by atoms with van der Waals surface area (Å²) in [5.74, 6) is 1.97. The number of imidazole rings is 1. The minimum absolute atomic E-state index is 0.331. The molecule has 6 nitrogen and oxygen atoms in total. The van der Waals surface area contributed by atoms with Crippen molar-refractivity contribution in [3.05, 3.63) is 18.2 Å². The molecule has 3 aliphatic heterocycles. The highest BCUT2D eigenvalue weighted by molar-refractivity contribution is 5.78. The first kappa shape index (κ1) is 15.1. The first-order valence-electron chi connectivity index (χ1n) is 8.89. The summed E-state index contributed by atoms with van der Waals surface area (Å²) in [6, 6.07) is 0.587. The summed E-state index contributed by atoms with van der Waals surface area (Å²) in [6.07, 6.45) is 7.95. The zero-order valence-corrected chi connectivity index (χ0v) is 13.7. The van der Waals surface area contributed by atoms with E-state index in [0.717, 1.165) is 77.4 Å². The predicted molar refractivity (Wildman–Crippen MR) is 85.8 cm³/mol. The zero-order chi connectivity index (χ0) is 15.6. The maximum atomic E-state index is 12.0. The lowest BCUT2D eigenvalue weighted by Gasteiger charge is -2.35. The van der Waals surface area contributed by atoms with Crippen LogP contribution < -0.4 is 0 Å². The summed E-state index contributed by atoms with van der Waals surface area (Å²) in [7, 11) is 0. The van der Waals surface area contributed by atoms with Gasteiger partial charge in [0, 0.05) is 70.2 Å². The predicted octanol–water partition coefficient (Wildman–Crippen LogP) is 1.12. The molecule has 2 saturated heterocycles. The normalized spacial score (nSPS) is 27.2. The lowest BCUT2D eigenvalue weighted by molar-refractivity contribution is -0.128. The number of rotatable bonds is 3. The van der Waals surface area contributed by atoms with Crippen LogP contribution in [-0.4, -0.2) is 64.1 Å². The standard InChI is InChI=1S/C17H26N4O2/c22-17-2-1-6-20(17)11-14-10-19-7-5-18-16(19)13-21(12-14)15-3-8-23-9-4-15/h5,7,14-15H,1-4,6,8-13H2/t14-/m1/s1. The molecule has 126 valence electrons. The number of aromatic nitrogens is 2. The van der Waals surface area contributed by atoms with Crippen molar-refractivity contribution in [3.8, 4) is 0 Å².